The van der Waals surface area contributed by atoms with E-state index in [1.165, 1.54) is 25.3 Å². The molecule has 0 bridgehead atoms. The Morgan fingerprint density at radius 1 is 1.37 bits per heavy atom. The van der Waals surface area contributed by atoms with E-state index in [-0.39, 0.29) is 10.6 Å². The first-order valence-corrected chi connectivity index (χ1v) is 9.20. The van der Waals surface area contributed by atoms with E-state index in [9.17, 15) is 14.9 Å². The van der Waals surface area contributed by atoms with Crippen LogP contribution in [0, 0.1) is 10.1 Å². The lowest BCUT2D eigenvalue weighted by molar-refractivity contribution is -0.384. The largest absolute Gasteiger partial charge is 0.466 e. The van der Waals surface area contributed by atoms with Gasteiger partial charge in [0, 0.05) is 51.5 Å². The number of anilines is 1. The van der Waals surface area contributed by atoms with Gasteiger partial charge in [0.2, 0.25) is 0 Å². The second-order valence-corrected chi connectivity index (χ2v) is 6.78. The molecule has 146 valence electrons. The molecule has 2 fully saturated rings. The molecule has 0 N–H and O–H groups in total. The molecule has 1 aromatic rings. The maximum absolute atomic E-state index is 11.5. The lowest BCUT2D eigenvalue weighted by atomic mass is 10.1. The van der Waals surface area contributed by atoms with Gasteiger partial charge in [-0.2, -0.15) is 0 Å². The van der Waals surface area contributed by atoms with Crippen molar-refractivity contribution in [1.82, 2.24) is 4.90 Å². The van der Waals surface area contributed by atoms with Gasteiger partial charge >= 0.3 is 5.97 Å². The van der Waals surface area contributed by atoms with Crippen molar-refractivity contribution in [3.63, 3.8) is 0 Å². The number of methoxy groups -OCH3 is 1. The van der Waals surface area contributed by atoms with E-state index in [2.05, 4.69) is 14.5 Å². The third-order valence-electron chi connectivity index (χ3n) is 5.01. The van der Waals surface area contributed by atoms with Crippen molar-refractivity contribution < 1.29 is 19.2 Å². The lowest BCUT2D eigenvalue weighted by Crippen LogP contribution is -2.48. The molecule has 1 unspecified atom stereocenters. The highest BCUT2D eigenvalue weighted by atomic mass is 16.6. The molecule has 2 heterocycles. The number of nitro groups is 1. The number of carbonyl (C=O) groups excluding carboxylic acids is 1. The summed E-state index contributed by atoms with van der Waals surface area (Å²) in [7, 11) is 1.29. The average molecular weight is 375 g/mol. The zero-order valence-corrected chi connectivity index (χ0v) is 15.5. The number of nitrogens with zero attached hydrogens (tertiary/aromatic N) is 3. The molecule has 0 saturated carbocycles. The summed E-state index contributed by atoms with van der Waals surface area (Å²) in [6.07, 6.45) is 5.34. The van der Waals surface area contributed by atoms with E-state index in [1.54, 1.807) is 12.1 Å². The van der Waals surface area contributed by atoms with Crippen molar-refractivity contribution in [2.45, 2.75) is 18.9 Å². The molecule has 2 saturated heterocycles. The Morgan fingerprint density at radius 3 is 2.78 bits per heavy atom. The van der Waals surface area contributed by atoms with Crippen molar-refractivity contribution >= 4 is 23.4 Å². The number of carbonyl (C=O) groups is 1. The van der Waals surface area contributed by atoms with Crippen LogP contribution in [0.3, 0.4) is 0 Å². The van der Waals surface area contributed by atoms with Gasteiger partial charge in [-0.3, -0.25) is 15.0 Å². The Morgan fingerprint density at radius 2 is 2.15 bits per heavy atom. The number of rotatable bonds is 6. The Kier molecular flexibility index (Phi) is 6.41. The Hall–Kier alpha value is -2.45. The maximum Gasteiger partial charge on any atom is 0.330 e. The van der Waals surface area contributed by atoms with Crippen LogP contribution in [0.2, 0.25) is 0 Å². The standard InChI is InChI=1S/C19H25N3O5/c1-26-19(23)7-5-15-4-6-17(18(13-15)22(24)25)21-10-8-20(9-11-21)14-16-3-2-12-27-16/h4-7,13,16H,2-3,8-12,14H2,1H3/b7-5+. The fourth-order valence-corrected chi connectivity index (χ4v) is 3.54. The number of nitro benzene ring substituents is 1. The second-order valence-electron chi connectivity index (χ2n) is 6.78. The molecule has 2 aliphatic rings. The van der Waals surface area contributed by atoms with Crippen LogP contribution in [0.5, 0.6) is 0 Å². The fraction of sp³-hybridized carbons (Fsp3) is 0.526. The van der Waals surface area contributed by atoms with E-state index in [0.717, 1.165) is 52.2 Å². The summed E-state index contributed by atoms with van der Waals surface area (Å²) >= 11 is 0. The lowest BCUT2D eigenvalue weighted by Gasteiger charge is -2.36. The predicted molar refractivity (Wildman–Crippen MR) is 102 cm³/mol. The molecule has 27 heavy (non-hydrogen) atoms. The van der Waals surface area contributed by atoms with Crippen LogP contribution in [0.4, 0.5) is 11.4 Å². The van der Waals surface area contributed by atoms with Crippen molar-refractivity contribution in [1.29, 1.82) is 0 Å². The van der Waals surface area contributed by atoms with Gasteiger partial charge in [0.15, 0.2) is 0 Å². The topological polar surface area (TPSA) is 85.2 Å². The van der Waals surface area contributed by atoms with Gasteiger partial charge in [0.05, 0.1) is 18.1 Å². The first-order valence-electron chi connectivity index (χ1n) is 9.20. The van der Waals surface area contributed by atoms with Gasteiger partial charge < -0.3 is 14.4 Å². The SMILES string of the molecule is COC(=O)/C=C/c1ccc(N2CCN(CC3CCCO3)CC2)c([N+](=O)[O-])c1. The van der Waals surface area contributed by atoms with E-state index < -0.39 is 5.97 Å². The fourth-order valence-electron chi connectivity index (χ4n) is 3.54. The molecule has 3 rings (SSSR count). The number of ether oxygens (including phenoxy) is 2. The van der Waals surface area contributed by atoms with Crippen LogP contribution < -0.4 is 4.90 Å². The first kappa shape index (κ1) is 19.3. The van der Waals surface area contributed by atoms with E-state index in [0.29, 0.717) is 17.4 Å². The van der Waals surface area contributed by atoms with Crippen molar-refractivity contribution in [3.05, 3.63) is 40.0 Å². The predicted octanol–water partition coefficient (Wildman–Crippen LogP) is 2.08. The summed E-state index contributed by atoms with van der Waals surface area (Å²) in [5, 5.41) is 11.5. The van der Waals surface area contributed by atoms with E-state index in [1.807, 2.05) is 0 Å². The molecule has 1 aromatic carbocycles. The monoisotopic (exact) mass is 375 g/mol. The maximum atomic E-state index is 11.5. The van der Waals surface area contributed by atoms with Crippen LogP contribution in [-0.2, 0) is 14.3 Å². The second kappa shape index (κ2) is 8.96. The summed E-state index contributed by atoms with van der Waals surface area (Å²) < 4.78 is 10.2. The van der Waals surface area contributed by atoms with Gasteiger partial charge in [-0.25, -0.2) is 4.79 Å². The Bertz CT molecular complexity index is 707. The highest BCUT2D eigenvalue weighted by Gasteiger charge is 2.26. The minimum Gasteiger partial charge on any atom is -0.466 e. The molecule has 2 aliphatic heterocycles. The molecule has 8 heteroatoms. The minimum atomic E-state index is -0.496. The quantitative estimate of drug-likeness (QED) is 0.326. The summed E-state index contributed by atoms with van der Waals surface area (Å²) in [5.41, 5.74) is 1.26. The zero-order valence-electron chi connectivity index (χ0n) is 15.5. The number of benzene rings is 1. The van der Waals surface area contributed by atoms with Crippen LogP contribution in [0.15, 0.2) is 24.3 Å². The summed E-state index contributed by atoms with van der Waals surface area (Å²) in [6.45, 7) is 5.00. The molecule has 8 nitrogen and oxygen atoms in total. The van der Waals surface area contributed by atoms with Crippen LogP contribution >= 0.6 is 0 Å². The number of esters is 1. The number of hydrogen-bond donors (Lipinski definition) is 0. The summed E-state index contributed by atoms with van der Waals surface area (Å²) in [6, 6.07) is 5.03. The molecule has 0 aromatic heterocycles. The highest BCUT2D eigenvalue weighted by molar-refractivity contribution is 5.87. The third-order valence-corrected chi connectivity index (χ3v) is 5.01. The molecule has 0 radical (unpaired) electrons. The molecule has 0 spiro atoms. The molecule has 0 amide bonds. The Balaban J connectivity index is 1.66. The van der Waals surface area contributed by atoms with Crippen LogP contribution in [-0.4, -0.2) is 68.3 Å². The van der Waals surface area contributed by atoms with Crippen molar-refractivity contribution in [2.75, 3.05) is 51.3 Å². The summed E-state index contributed by atoms with van der Waals surface area (Å²) in [4.78, 5) is 26.8. The Labute approximate surface area is 158 Å². The molecular formula is C19H25N3O5. The molecular weight excluding hydrogens is 350 g/mol. The van der Waals surface area contributed by atoms with Gasteiger partial charge in [0.25, 0.3) is 5.69 Å². The normalized spacial score (nSPS) is 20.9. The summed E-state index contributed by atoms with van der Waals surface area (Å²) in [5.74, 6) is -0.496. The molecule has 0 aliphatic carbocycles. The highest BCUT2D eigenvalue weighted by Crippen LogP contribution is 2.30. The zero-order chi connectivity index (χ0) is 19.2. The van der Waals surface area contributed by atoms with Crippen LogP contribution in [0.25, 0.3) is 6.08 Å². The van der Waals surface area contributed by atoms with E-state index in [4.69, 9.17) is 4.74 Å². The van der Waals surface area contributed by atoms with Crippen molar-refractivity contribution in [3.8, 4) is 0 Å². The van der Waals surface area contributed by atoms with Gasteiger partial charge in [0.1, 0.15) is 5.69 Å². The van der Waals surface area contributed by atoms with Gasteiger partial charge in [-0.15, -0.1) is 0 Å². The number of piperazine rings is 1. The van der Waals surface area contributed by atoms with E-state index >= 15 is 0 Å². The third kappa shape index (κ3) is 5.05. The van der Waals surface area contributed by atoms with Crippen molar-refractivity contribution in [2.24, 2.45) is 0 Å². The smallest absolute Gasteiger partial charge is 0.330 e. The van der Waals surface area contributed by atoms with Gasteiger partial charge in [-0.1, -0.05) is 6.07 Å². The minimum absolute atomic E-state index is 0.0505. The average Bonchev–Trinajstić information content (AvgIpc) is 3.19. The van der Waals surface area contributed by atoms with Gasteiger partial charge in [-0.05, 0) is 30.5 Å². The van der Waals surface area contributed by atoms with Crippen LogP contribution in [0.1, 0.15) is 18.4 Å². The number of hydrogen-bond acceptors (Lipinski definition) is 7. The first-order chi connectivity index (χ1) is 13.1. The molecule has 1 atom stereocenters.